The minimum Gasteiger partial charge on any atom is -0.309 e. The SMILES string of the molecule is c1ccc(-c2cccc(N(c3c(-n4c5ccccc5c5ccccc54)ccc4ccccc34)c3cccc4c3c3ccccc3n4-c3ccccc3)c2)cc1. The molecule has 3 nitrogen and oxygen atoms in total. The molecule has 0 atom stereocenters. The fraction of sp³-hybridized carbons (Fsp3) is 0. The van der Waals surface area contributed by atoms with Gasteiger partial charge in [0.1, 0.15) is 0 Å². The van der Waals surface area contributed by atoms with Gasteiger partial charge in [0.15, 0.2) is 0 Å². The second-order valence-corrected chi connectivity index (χ2v) is 14.1. The standard InChI is InChI=1S/C52H35N3/c1-3-17-36(18-4-1)38-20-15-23-40(35-38)54(49-32-16-31-48-51(49)44-27-11-14-30-47(44)53(48)39-21-5-2-6-22-39)52-41-24-8-7-19-37(41)33-34-50(52)55-45-28-12-9-25-42(45)43-26-10-13-29-46(43)55/h1-35H. The van der Waals surface area contributed by atoms with Crippen molar-refractivity contribution in [1.82, 2.24) is 9.13 Å². The molecule has 2 aromatic heterocycles. The molecule has 0 aliphatic rings. The van der Waals surface area contributed by atoms with E-state index in [0.29, 0.717) is 0 Å². The van der Waals surface area contributed by atoms with Gasteiger partial charge in [-0.05, 0) is 77.2 Å². The van der Waals surface area contributed by atoms with Crippen molar-refractivity contribution in [1.29, 1.82) is 0 Å². The van der Waals surface area contributed by atoms with E-state index in [1.54, 1.807) is 0 Å². The van der Waals surface area contributed by atoms with Gasteiger partial charge in [0, 0.05) is 38.3 Å². The fourth-order valence-corrected chi connectivity index (χ4v) is 8.73. The molecule has 0 saturated heterocycles. The van der Waals surface area contributed by atoms with E-state index in [9.17, 15) is 0 Å². The van der Waals surface area contributed by atoms with Gasteiger partial charge in [-0.2, -0.15) is 0 Å². The molecule has 258 valence electrons. The van der Waals surface area contributed by atoms with Crippen molar-refractivity contribution in [2.75, 3.05) is 4.90 Å². The Morgan fingerprint density at radius 2 is 0.891 bits per heavy atom. The molecule has 2 heterocycles. The number of nitrogens with zero attached hydrogens (tertiary/aromatic N) is 3. The molecule has 0 bridgehead atoms. The predicted octanol–water partition coefficient (Wildman–Crippen LogP) is 14.2. The second-order valence-electron chi connectivity index (χ2n) is 14.1. The highest BCUT2D eigenvalue weighted by molar-refractivity contribution is 6.19. The number of hydrogen-bond donors (Lipinski definition) is 0. The monoisotopic (exact) mass is 701 g/mol. The van der Waals surface area contributed by atoms with Gasteiger partial charge < -0.3 is 14.0 Å². The highest BCUT2D eigenvalue weighted by Gasteiger charge is 2.26. The molecule has 0 spiro atoms. The Morgan fingerprint density at radius 1 is 0.345 bits per heavy atom. The predicted molar refractivity (Wildman–Crippen MR) is 233 cm³/mol. The number of hydrogen-bond acceptors (Lipinski definition) is 1. The average Bonchev–Trinajstić information content (AvgIpc) is 3.78. The van der Waals surface area contributed by atoms with E-state index in [4.69, 9.17) is 0 Å². The molecule has 0 amide bonds. The minimum atomic E-state index is 1.09. The average molecular weight is 702 g/mol. The number of rotatable bonds is 6. The maximum absolute atomic E-state index is 2.53. The van der Waals surface area contributed by atoms with Crippen LogP contribution in [0.3, 0.4) is 0 Å². The van der Waals surface area contributed by atoms with Crippen LogP contribution in [0.1, 0.15) is 0 Å². The van der Waals surface area contributed by atoms with Crippen LogP contribution in [-0.4, -0.2) is 9.13 Å². The van der Waals surface area contributed by atoms with Crippen molar-refractivity contribution in [2.24, 2.45) is 0 Å². The summed E-state index contributed by atoms with van der Waals surface area (Å²) in [5.41, 5.74) is 12.6. The van der Waals surface area contributed by atoms with E-state index in [0.717, 1.165) is 34.0 Å². The molecular formula is C52H35N3. The summed E-state index contributed by atoms with van der Waals surface area (Å²) in [6, 6.07) is 77.1. The van der Waals surface area contributed by atoms with Crippen LogP contribution in [0, 0.1) is 0 Å². The van der Waals surface area contributed by atoms with Crippen LogP contribution >= 0.6 is 0 Å². The Bertz CT molecular complexity index is 3150. The summed E-state index contributed by atoms with van der Waals surface area (Å²) in [6.45, 7) is 0. The quantitative estimate of drug-likeness (QED) is 0.168. The first-order valence-corrected chi connectivity index (χ1v) is 18.9. The Hall–Kier alpha value is -7.36. The summed E-state index contributed by atoms with van der Waals surface area (Å²) in [5, 5.41) is 7.25. The summed E-state index contributed by atoms with van der Waals surface area (Å²) in [7, 11) is 0. The number of aromatic nitrogens is 2. The lowest BCUT2D eigenvalue weighted by molar-refractivity contribution is 1.16. The summed E-state index contributed by atoms with van der Waals surface area (Å²) < 4.78 is 4.87. The number of fused-ring (bicyclic) bond motifs is 7. The summed E-state index contributed by atoms with van der Waals surface area (Å²) >= 11 is 0. The molecule has 0 radical (unpaired) electrons. The van der Waals surface area contributed by atoms with E-state index in [1.165, 1.54) is 60.0 Å². The lowest BCUT2D eigenvalue weighted by Gasteiger charge is -2.31. The zero-order valence-corrected chi connectivity index (χ0v) is 30.0. The normalized spacial score (nSPS) is 11.6. The third-order valence-electron chi connectivity index (χ3n) is 11.1. The molecule has 0 aliphatic heterocycles. The van der Waals surface area contributed by atoms with Gasteiger partial charge in [0.05, 0.1) is 39.1 Å². The number of anilines is 3. The lowest BCUT2D eigenvalue weighted by atomic mass is 10.0. The van der Waals surface area contributed by atoms with E-state index < -0.39 is 0 Å². The molecule has 11 rings (SSSR count). The highest BCUT2D eigenvalue weighted by Crippen LogP contribution is 2.49. The van der Waals surface area contributed by atoms with Gasteiger partial charge in [-0.25, -0.2) is 0 Å². The van der Waals surface area contributed by atoms with Crippen LogP contribution in [0.25, 0.3) is 76.9 Å². The van der Waals surface area contributed by atoms with Crippen molar-refractivity contribution < 1.29 is 0 Å². The van der Waals surface area contributed by atoms with Crippen molar-refractivity contribution in [3.63, 3.8) is 0 Å². The molecular weight excluding hydrogens is 667 g/mol. The molecule has 0 N–H and O–H groups in total. The fourth-order valence-electron chi connectivity index (χ4n) is 8.73. The maximum Gasteiger partial charge on any atom is 0.0781 e. The Kier molecular flexibility index (Phi) is 7.17. The van der Waals surface area contributed by atoms with Crippen molar-refractivity contribution in [3.05, 3.63) is 212 Å². The zero-order chi connectivity index (χ0) is 36.3. The van der Waals surface area contributed by atoms with Gasteiger partial charge in [0.25, 0.3) is 0 Å². The maximum atomic E-state index is 2.53. The first kappa shape index (κ1) is 31.2. The Labute approximate surface area is 319 Å². The summed E-state index contributed by atoms with van der Waals surface area (Å²) in [5.74, 6) is 0. The first-order valence-electron chi connectivity index (χ1n) is 18.9. The third-order valence-corrected chi connectivity index (χ3v) is 11.1. The molecule has 55 heavy (non-hydrogen) atoms. The molecule has 0 saturated carbocycles. The van der Waals surface area contributed by atoms with Crippen LogP contribution in [0.15, 0.2) is 212 Å². The van der Waals surface area contributed by atoms with Gasteiger partial charge >= 0.3 is 0 Å². The Morgan fingerprint density at radius 3 is 1.62 bits per heavy atom. The largest absolute Gasteiger partial charge is 0.309 e. The van der Waals surface area contributed by atoms with E-state index >= 15 is 0 Å². The van der Waals surface area contributed by atoms with E-state index in [1.807, 2.05) is 0 Å². The molecule has 3 heteroatoms. The number of benzene rings is 9. The van der Waals surface area contributed by atoms with Crippen molar-refractivity contribution in [3.8, 4) is 22.5 Å². The first-order chi connectivity index (χ1) is 27.3. The van der Waals surface area contributed by atoms with E-state index in [-0.39, 0.29) is 0 Å². The van der Waals surface area contributed by atoms with Gasteiger partial charge in [-0.3, -0.25) is 0 Å². The third kappa shape index (κ3) is 4.91. The van der Waals surface area contributed by atoms with Gasteiger partial charge in [-0.1, -0.05) is 152 Å². The highest BCUT2D eigenvalue weighted by atomic mass is 15.2. The number of para-hydroxylation sites is 4. The molecule has 0 unspecified atom stereocenters. The minimum absolute atomic E-state index is 1.09. The zero-order valence-electron chi connectivity index (χ0n) is 30.0. The second kappa shape index (κ2) is 12.6. The van der Waals surface area contributed by atoms with Crippen LogP contribution in [0.2, 0.25) is 0 Å². The van der Waals surface area contributed by atoms with Crippen LogP contribution in [0.4, 0.5) is 17.1 Å². The Balaban J connectivity index is 1.31. The summed E-state index contributed by atoms with van der Waals surface area (Å²) in [4.78, 5) is 2.53. The van der Waals surface area contributed by atoms with E-state index in [2.05, 4.69) is 226 Å². The van der Waals surface area contributed by atoms with Gasteiger partial charge in [0.2, 0.25) is 0 Å². The van der Waals surface area contributed by atoms with Gasteiger partial charge in [-0.15, -0.1) is 0 Å². The molecule has 11 aromatic rings. The van der Waals surface area contributed by atoms with Crippen LogP contribution in [0.5, 0.6) is 0 Å². The molecule has 9 aromatic carbocycles. The summed E-state index contributed by atoms with van der Waals surface area (Å²) in [6.07, 6.45) is 0. The van der Waals surface area contributed by atoms with Crippen molar-refractivity contribution in [2.45, 2.75) is 0 Å². The van der Waals surface area contributed by atoms with Crippen LogP contribution < -0.4 is 4.90 Å². The topological polar surface area (TPSA) is 13.1 Å². The molecule has 0 aliphatic carbocycles. The molecule has 0 fully saturated rings. The lowest BCUT2D eigenvalue weighted by Crippen LogP contribution is -2.14. The van der Waals surface area contributed by atoms with Crippen LogP contribution in [-0.2, 0) is 0 Å². The smallest absolute Gasteiger partial charge is 0.0781 e. The van der Waals surface area contributed by atoms with Crippen molar-refractivity contribution >= 4 is 71.4 Å².